The van der Waals surface area contributed by atoms with Gasteiger partial charge in [0.25, 0.3) is 0 Å². The van der Waals surface area contributed by atoms with E-state index >= 15 is 0 Å². The molecule has 2 aromatic carbocycles. The number of pyridine rings is 1. The van der Waals surface area contributed by atoms with Gasteiger partial charge in [0.05, 0.1) is 5.69 Å². The Bertz CT molecular complexity index is 1080. The fourth-order valence-electron chi connectivity index (χ4n) is 3.28. The summed E-state index contributed by atoms with van der Waals surface area (Å²) in [5.41, 5.74) is 11.1. The molecule has 0 radical (unpaired) electrons. The number of nitrogens with one attached hydrogen (secondary N) is 2. The van der Waals surface area contributed by atoms with Gasteiger partial charge in [0, 0.05) is 54.0 Å². The second-order valence-electron chi connectivity index (χ2n) is 6.66. The standard InChI is InChI=1S/C23H24N4O2/c1-4-15-10-16(5-6-19(15)23(25)28)21-11-17(7-8-27-21)29-18-9-14(2)20(13-24)22(12-18)26-3/h5-13,24,26H,4H2,1-3H3,(H2,25,28). The first-order valence-corrected chi connectivity index (χ1v) is 9.36. The molecule has 6 nitrogen and oxygen atoms in total. The Morgan fingerprint density at radius 3 is 2.66 bits per heavy atom. The minimum atomic E-state index is -0.428. The van der Waals surface area contributed by atoms with Crippen LogP contribution < -0.4 is 15.8 Å². The SMILES string of the molecule is CCc1cc(-c2cc(Oc3cc(C)c(C=N)c(NC)c3)ccn2)ccc1C(N)=O. The molecule has 3 aromatic rings. The van der Waals surface area contributed by atoms with Crippen LogP contribution in [0.25, 0.3) is 11.3 Å². The van der Waals surface area contributed by atoms with Crippen LogP contribution in [0.2, 0.25) is 0 Å². The van der Waals surface area contributed by atoms with Crippen molar-refractivity contribution < 1.29 is 9.53 Å². The number of aryl methyl sites for hydroxylation is 2. The zero-order valence-corrected chi connectivity index (χ0v) is 16.7. The van der Waals surface area contributed by atoms with E-state index in [1.807, 2.05) is 51.2 Å². The molecule has 0 spiro atoms. The van der Waals surface area contributed by atoms with Crippen LogP contribution in [0.3, 0.4) is 0 Å². The lowest BCUT2D eigenvalue weighted by atomic mass is 9.99. The van der Waals surface area contributed by atoms with Crippen molar-refractivity contribution in [3.63, 3.8) is 0 Å². The number of carbonyl (C=O) groups is 1. The first-order chi connectivity index (χ1) is 14.0. The number of nitrogens with zero attached hydrogens (tertiary/aromatic N) is 1. The molecule has 0 aliphatic carbocycles. The van der Waals surface area contributed by atoms with Gasteiger partial charge in [-0.15, -0.1) is 0 Å². The molecular formula is C23H24N4O2. The molecule has 0 bridgehead atoms. The maximum absolute atomic E-state index is 11.6. The van der Waals surface area contributed by atoms with E-state index in [0.717, 1.165) is 33.6 Å². The van der Waals surface area contributed by atoms with Crippen molar-refractivity contribution >= 4 is 17.8 Å². The summed E-state index contributed by atoms with van der Waals surface area (Å²) in [7, 11) is 1.82. The van der Waals surface area contributed by atoms with Crippen LogP contribution in [-0.4, -0.2) is 24.2 Å². The van der Waals surface area contributed by atoms with Crippen molar-refractivity contribution in [3.05, 3.63) is 70.9 Å². The molecule has 0 fully saturated rings. The maximum atomic E-state index is 11.6. The van der Waals surface area contributed by atoms with Crippen LogP contribution in [-0.2, 0) is 6.42 Å². The summed E-state index contributed by atoms with van der Waals surface area (Å²) in [4.78, 5) is 16.0. The Labute approximate surface area is 170 Å². The molecule has 0 aliphatic rings. The van der Waals surface area contributed by atoms with E-state index in [1.54, 1.807) is 18.3 Å². The number of hydrogen-bond acceptors (Lipinski definition) is 5. The van der Waals surface area contributed by atoms with Gasteiger partial charge in [-0.05, 0) is 48.7 Å². The summed E-state index contributed by atoms with van der Waals surface area (Å²) >= 11 is 0. The summed E-state index contributed by atoms with van der Waals surface area (Å²) in [6, 6.07) is 12.9. The summed E-state index contributed by atoms with van der Waals surface area (Å²) < 4.78 is 6.05. The van der Waals surface area contributed by atoms with E-state index in [2.05, 4.69) is 10.3 Å². The predicted octanol–water partition coefficient (Wildman–Crippen LogP) is 4.55. The lowest BCUT2D eigenvalue weighted by molar-refractivity contribution is 0.0999. The summed E-state index contributed by atoms with van der Waals surface area (Å²) in [5, 5.41) is 10.7. The molecular weight excluding hydrogens is 364 g/mol. The third-order valence-electron chi connectivity index (χ3n) is 4.79. The molecule has 0 saturated heterocycles. The van der Waals surface area contributed by atoms with E-state index in [4.69, 9.17) is 15.9 Å². The number of rotatable bonds is 7. The topological polar surface area (TPSA) is 101 Å². The Morgan fingerprint density at radius 1 is 1.21 bits per heavy atom. The number of nitrogens with two attached hydrogens (primary N) is 1. The van der Waals surface area contributed by atoms with E-state index in [1.165, 1.54) is 6.21 Å². The van der Waals surface area contributed by atoms with Gasteiger partial charge in [-0.25, -0.2) is 0 Å². The fourth-order valence-corrected chi connectivity index (χ4v) is 3.28. The largest absolute Gasteiger partial charge is 0.457 e. The highest BCUT2D eigenvalue weighted by atomic mass is 16.5. The van der Waals surface area contributed by atoms with Crippen molar-refractivity contribution in [3.8, 4) is 22.8 Å². The Morgan fingerprint density at radius 2 is 2.00 bits per heavy atom. The third-order valence-corrected chi connectivity index (χ3v) is 4.79. The number of benzene rings is 2. The average molecular weight is 388 g/mol. The summed E-state index contributed by atoms with van der Waals surface area (Å²) in [5.74, 6) is 0.895. The number of anilines is 1. The number of aromatic nitrogens is 1. The lowest BCUT2D eigenvalue weighted by Crippen LogP contribution is -2.13. The molecule has 6 heteroatoms. The van der Waals surface area contributed by atoms with Crippen LogP contribution in [0, 0.1) is 12.3 Å². The van der Waals surface area contributed by atoms with Crippen LogP contribution >= 0.6 is 0 Å². The molecule has 0 unspecified atom stereocenters. The minimum Gasteiger partial charge on any atom is -0.457 e. The molecule has 0 atom stereocenters. The molecule has 0 saturated carbocycles. The molecule has 1 heterocycles. The third kappa shape index (κ3) is 4.27. The van der Waals surface area contributed by atoms with Crippen LogP contribution in [0.4, 0.5) is 5.69 Å². The van der Waals surface area contributed by atoms with Gasteiger partial charge in [-0.2, -0.15) is 0 Å². The average Bonchev–Trinajstić information content (AvgIpc) is 2.72. The van der Waals surface area contributed by atoms with Gasteiger partial charge in [-0.3, -0.25) is 9.78 Å². The molecule has 1 aromatic heterocycles. The van der Waals surface area contributed by atoms with Crippen LogP contribution in [0.15, 0.2) is 48.7 Å². The number of ether oxygens (including phenoxy) is 1. The van der Waals surface area contributed by atoms with E-state index in [-0.39, 0.29) is 0 Å². The first kappa shape index (κ1) is 20.1. The quantitative estimate of drug-likeness (QED) is 0.517. The number of carbonyl (C=O) groups excluding carboxylic acids is 1. The van der Waals surface area contributed by atoms with Gasteiger partial charge in [0.2, 0.25) is 5.91 Å². The normalized spacial score (nSPS) is 10.4. The monoisotopic (exact) mass is 388 g/mol. The number of primary amides is 1. The highest BCUT2D eigenvalue weighted by Gasteiger charge is 2.11. The number of amides is 1. The van der Waals surface area contributed by atoms with Crippen molar-refractivity contribution in [2.45, 2.75) is 20.3 Å². The lowest BCUT2D eigenvalue weighted by Gasteiger charge is -2.13. The van der Waals surface area contributed by atoms with Crippen molar-refractivity contribution in [2.24, 2.45) is 5.73 Å². The highest BCUT2D eigenvalue weighted by molar-refractivity contribution is 5.95. The van der Waals surface area contributed by atoms with E-state index in [0.29, 0.717) is 23.5 Å². The maximum Gasteiger partial charge on any atom is 0.248 e. The Hall–Kier alpha value is -3.67. The highest BCUT2D eigenvalue weighted by Crippen LogP contribution is 2.31. The van der Waals surface area contributed by atoms with Gasteiger partial charge in [0.15, 0.2) is 0 Å². The van der Waals surface area contributed by atoms with E-state index < -0.39 is 5.91 Å². The fraction of sp³-hybridized carbons (Fsp3) is 0.174. The Kier molecular flexibility index (Phi) is 5.93. The van der Waals surface area contributed by atoms with Crippen molar-refractivity contribution in [1.29, 1.82) is 5.41 Å². The second-order valence-corrected chi connectivity index (χ2v) is 6.66. The molecule has 148 valence electrons. The number of hydrogen-bond donors (Lipinski definition) is 3. The van der Waals surface area contributed by atoms with Gasteiger partial charge in [0.1, 0.15) is 11.5 Å². The predicted molar refractivity (Wildman–Crippen MR) is 116 cm³/mol. The minimum absolute atomic E-state index is 0.428. The van der Waals surface area contributed by atoms with Crippen molar-refractivity contribution in [2.75, 3.05) is 12.4 Å². The first-order valence-electron chi connectivity index (χ1n) is 9.36. The van der Waals surface area contributed by atoms with Crippen LogP contribution in [0.1, 0.15) is 34.0 Å². The molecule has 29 heavy (non-hydrogen) atoms. The van der Waals surface area contributed by atoms with Crippen LogP contribution in [0.5, 0.6) is 11.5 Å². The van der Waals surface area contributed by atoms with E-state index in [9.17, 15) is 4.79 Å². The van der Waals surface area contributed by atoms with Crippen molar-refractivity contribution in [1.82, 2.24) is 4.98 Å². The Balaban J connectivity index is 1.94. The zero-order valence-electron chi connectivity index (χ0n) is 16.7. The smallest absolute Gasteiger partial charge is 0.248 e. The summed E-state index contributed by atoms with van der Waals surface area (Å²) in [6.07, 6.45) is 3.72. The molecule has 0 aliphatic heterocycles. The van der Waals surface area contributed by atoms with Gasteiger partial charge >= 0.3 is 0 Å². The summed E-state index contributed by atoms with van der Waals surface area (Å²) in [6.45, 7) is 3.93. The van der Waals surface area contributed by atoms with Gasteiger partial charge < -0.3 is 21.2 Å². The second kappa shape index (κ2) is 8.56. The zero-order chi connectivity index (χ0) is 21.0. The van der Waals surface area contributed by atoms with Gasteiger partial charge in [-0.1, -0.05) is 13.0 Å². The molecule has 4 N–H and O–H groups in total. The molecule has 1 amide bonds. The molecule has 3 rings (SSSR count).